The Hall–Kier alpha value is -4.39. The summed E-state index contributed by atoms with van der Waals surface area (Å²) in [5.74, 6) is 0.0836. The summed E-state index contributed by atoms with van der Waals surface area (Å²) >= 11 is 3.99. The zero-order valence-electron chi connectivity index (χ0n) is 22.0. The molecule has 9 nitrogen and oxygen atoms in total. The first kappa shape index (κ1) is 26.8. The number of nitro groups is 1. The van der Waals surface area contributed by atoms with Gasteiger partial charge in [0.15, 0.2) is 4.34 Å². The molecule has 3 aromatic carbocycles. The van der Waals surface area contributed by atoms with Gasteiger partial charge in [-0.25, -0.2) is 9.97 Å². The lowest BCUT2D eigenvalue weighted by Crippen LogP contribution is -2.13. The summed E-state index contributed by atoms with van der Waals surface area (Å²) in [5, 5.41) is 15.5. The van der Waals surface area contributed by atoms with Gasteiger partial charge in [-0.2, -0.15) is 0 Å². The Balaban J connectivity index is 1.28. The second kappa shape index (κ2) is 10.5. The molecule has 41 heavy (non-hydrogen) atoms. The number of fused-ring (bicyclic) bond motifs is 2. The van der Waals surface area contributed by atoms with E-state index in [1.807, 2.05) is 51.1 Å². The Morgan fingerprint density at radius 2 is 1.83 bits per heavy atom. The number of aromatic amines is 1. The van der Waals surface area contributed by atoms with Crippen LogP contribution in [0, 0.1) is 30.9 Å². The van der Waals surface area contributed by atoms with E-state index in [2.05, 4.69) is 20.3 Å². The van der Waals surface area contributed by atoms with Gasteiger partial charge in [0.05, 0.1) is 25.4 Å². The Morgan fingerprint density at radius 1 is 1.02 bits per heavy atom. The van der Waals surface area contributed by atoms with Crippen molar-refractivity contribution in [3.05, 3.63) is 103 Å². The van der Waals surface area contributed by atoms with Gasteiger partial charge in [0, 0.05) is 27.8 Å². The lowest BCUT2D eigenvalue weighted by molar-refractivity contribution is -0.387. The van der Waals surface area contributed by atoms with E-state index in [0.717, 1.165) is 26.2 Å². The monoisotopic (exact) mass is 599 g/mol. The number of amides is 1. The maximum Gasteiger partial charge on any atom is 0.284 e. The Labute approximate surface area is 245 Å². The number of nitro benzene ring substituents is 1. The van der Waals surface area contributed by atoms with E-state index in [4.69, 9.17) is 0 Å². The summed E-state index contributed by atoms with van der Waals surface area (Å²) in [6.45, 7) is 5.70. The van der Waals surface area contributed by atoms with Crippen molar-refractivity contribution in [1.82, 2.24) is 15.0 Å². The molecule has 0 atom stereocenters. The number of thiazole rings is 1. The first-order chi connectivity index (χ1) is 19.7. The third-order valence-corrected chi connectivity index (χ3v) is 9.93. The lowest BCUT2D eigenvalue weighted by Gasteiger charge is -2.07. The van der Waals surface area contributed by atoms with Crippen molar-refractivity contribution in [1.29, 1.82) is 0 Å². The highest BCUT2D eigenvalue weighted by atomic mass is 32.2. The summed E-state index contributed by atoms with van der Waals surface area (Å²) < 4.78 is 1.46. The minimum atomic E-state index is -0.450. The SMILES string of the molecule is Cc1ccccc1C(=O)Nc1ccc2nc(Sc3ccc(-c4nc5sc(C)c(C)c5c(=O)[nH]4)cc3[N+](=O)[O-])sc2c1. The van der Waals surface area contributed by atoms with Crippen LogP contribution in [-0.4, -0.2) is 25.8 Å². The molecule has 0 aliphatic rings. The van der Waals surface area contributed by atoms with Crippen LogP contribution in [0.15, 0.2) is 74.7 Å². The molecule has 0 unspecified atom stereocenters. The van der Waals surface area contributed by atoms with Crippen molar-refractivity contribution in [2.45, 2.75) is 30.0 Å². The molecule has 204 valence electrons. The fourth-order valence-corrected chi connectivity index (χ4v) is 7.61. The normalized spacial score (nSPS) is 11.3. The van der Waals surface area contributed by atoms with Crippen LogP contribution < -0.4 is 10.9 Å². The molecule has 1 amide bonds. The zero-order chi connectivity index (χ0) is 28.8. The third kappa shape index (κ3) is 5.12. The van der Waals surface area contributed by atoms with Gasteiger partial charge in [-0.05, 0) is 68.3 Å². The quantitative estimate of drug-likeness (QED) is 0.150. The highest BCUT2D eigenvalue weighted by molar-refractivity contribution is 8.01. The number of carbonyl (C=O) groups is 1. The van der Waals surface area contributed by atoms with Crippen LogP contribution in [0.25, 0.3) is 31.8 Å². The van der Waals surface area contributed by atoms with Crippen LogP contribution in [0.3, 0.4) is 0 Å². The van der Waals surface area contributed by atoms with Crippen LogP contribution in [-0.2, 0) is 0 Å². The van der Waals surface area contributed by atoms with Crippen molar-refractivity contribution in [3.8, 4) is 11.4 Å². The predicted molar refractivity (Wildman–Crippen MR) is 165 cm³/mol. The Kier molecular flexibility index (Phi) is 6.89. The number of carbonyl (C=O) groups excluding carboxylic acids is 1. The minimum Gasteiger partial charge on any atom is -0.322 e. The molecule has 0 aliphatic carbocycles. The fraction of sp³-hybridized carbons (Fsp3) is 0.103. The number of nitrogens with one attached hydrogen (secondary N) is 2. The van der Waals surface area contributed by atoms with Crippen molar-refractivity contribution in [2.24, 2.45) is 0 Å². The molecule has 0 fully saturated rings. The molecule has 0 saturated heterocycles. The van der Waals surface area contributed by atoms with E-state index >= 15 is 0 Å². The zero-order valence-corrected chi connectivity index (χ0v) is 24.4. The molecule has 12 heteroatoms. The largest absolute Gasteiger partial charge is 0.322 e. The van der Waals surface area contributed by atoms with Gasteiger partial charge in [-0.3, -0.25) is 19.7 Å². The molecule has 0 radical (unpaired) electrons. The minimum absolute atomic E-state index is 0.112. The van der Waals surface area contributed by atoms with Gasteiger partial charge in [0.2, 0.25) is 0 Å². The highest BCUT2D eigenvalue weighted by Gasteiger charge is 2.20. The van der Waals surface area contributed by atoms with Crippen molar-refractivity contribution in [2.75, 3.05) is 5.32 Å². The van der Waals surface area contributed by atoms with E-state index in [9.17, 15) is 19.7 Å². The summed E-state index contributed by atoms with van der Waals surface area (Å²) in [5.41, 5.74) is 3.80. The number of hydrogen-bond donors (Lipinski definition) is 2. The van der Waals surface area contributed by atoms with E-state index in [0.29, 0.717) is 36.3 Å². The molecule has 2 N–H and O–H groups in total. The van der Waals surface area contributed by atoms with Gasteiger partial charge in [-0.1, -0.05) is 30.0 Å². The number of hydrogen-bond acceptors (Lipinski definition) is 9. The maximum atomic E-state index is 12.7. The molecule has 6 aromatic rings. The Morgan fingerprint density at radius 3 is 2.61 bits per heavy atom. The molecule has 0 spiro atoms. The number of benzene rings is 3. The summed E-state index contributed by atoms with van der Waals surface area (Å²) in [7, 11) is 0. The smallest absolute Gasteiger partial charge is 0.284 e. The number of H-pyrrole nitrogens is 1. The molecule has 3 heterocycles. The second-order valence-electron chi connectivity index (χ2n) is 9.35. The molecular formula is C29H21N5O4S3. The van der Waals surface area contributed by atoms with Crippen molar-refractivity contribution >= 4 is 72.2 Å². The topological polar surface area (TPSA) is 131 Å². The number of thiophene rings is 1. The summed E-state index contributed by atoms with van der Waals surface area (Å²) in [6.07, 6.45) is 0. The first-order valence-corrected chi connectivity index (χ1v) is 14.9. The van der Waals surface area contributed by atoms with E-state index in [1.54, 1.807) is 24.3 Å². The van der Waals surface area contributed by atoms with Gasteiger partial charge in [-0.15, -0.1) is 22.7 Å². The second-order valence-corrected chi connectivity index (χ2v) is 12.9. The fourth-order valence-electron chi connectivity index (χ4n) is 4.43. The summed E-state index contributed by atoms with van der Waals surface area (Å²) in [4.78, 5) is 51.0. The van der Waals surface area contributed by atoms with Gasteiger partial charge in [0.1, 0.15) is 10.7 Å². The van der Waals surface area contributed by atoms with Crippen LogP contribution in [0.4, 0.5) is 11.4 Å². The van der Waals surface area contributed by atoms with E-state index < -0.39 is 4.92 Å². The van der Waals surface area contributed by atoms with Crippen LogP contribution >= 0.6 is 34.4 Å². The van der Waals surface area contributed by atoms with Gasteiger partial charge in [0.25, 0.3) is 17.2 Å². The van der Waals surface area contributed by atoms with Crippen LogP contribution in [0.1, 0.15) is 26.4 Å². The number of nitrogens with zero attached hydrogens (tertiary/aromatic N) is 3. The predicted octanol–water partition coefficient (Wildman–Crippen LogP) is 7.50. The number of anilines is 1. The van der Waals surface area contributed by atoms with Gasteiger partial charge < -0.3 is 10.3 Å². The maximum absolute atomic E-state index is 12.7. The van der Waals surface area contributed by atoms with E-state index in [1.165, 1.54) is 40.5 Å². The molecule has 3 aromatic heterocycles. The first-order valence-electron chi connectivity index (χ1n) is 12.4. The third-order valence-electron chi connectivity index (χ3n) is 6.68. The molecule has 6 rings (SSSR count). The van der Waals surface area contributed by atoms with Gasteiger partial charge >= 0.3 is 0 Å². The Bertz CT molecular complexity index is 2080. The van der Waals surface area contributed by atoms with Crippen LogP contribution in [0.5, 0.6) is 0 Å². The highest BCUT2D eigenvalue weighted by Crippen LogP contribution is 2.40. The van der Waals surface area contributed by atoms with Crippen molar-refractivity contribution < 1.29 is 9.72 Å². The number of aryl methyl sites for hydroxylation is 3. The number of rotatable bonds is 6. The lowest BCUT2D eigenvalue weighted by atomic mass is 10.1. The standard InChI is InChI=1S/C29H21N5O4S3/c1-14-6-4-5-7-19(14)26(35)30-18-9-10-20-23(13-18)41-29(31-20)40-22-11-8-17(12-21(22)34(37)38)25-32-27(36)24-15(2)16(3)39-28(24)33-25/h4-13H,1-3H3,(H,30,35)(H,32,33,36). The average molecular weight is 600 g/mol. The molecule has 0 aliphatic heterocycles. The summed E-state index contributed by atoms with van der Waals surface area (Å²) in [6, 6.07) is 17.6. The van der Waals surface area contributed by atoms with E-state index in [-0.39, 0.29) is 23.0 Å². The molecule has 0 bridgehead atoms. The van der Waals surface area contributed by atoms with Crippen molar-refractivity contribution in [3.63, 3.8) is 0 Å². The average Bonchev–Trinajstić information content (AvgIpc) is 3.47. The molecular weight excluding hydrogens is 579 g/mol. The molecule has 0 saturated carbocycles. The van der Waals surface area contributed by atoms with Crippen LogP contribution in [0.2, 0.25) is 0 Å². The number of aromatic nitrogens is 3.